The number of carbonyl (C=O) groups is 2. The first-order chi connectivity index (χ1) is 13.1. The number of benzene rings is 1. The van der Waals surface area contributed by atoms with Crippen molar-refractivity contribution in [2.75, 3.05) is 14.2 Å². The predicted octanol–water partition coefficient (Wildman–Crippen LogP) is 5.50. The summed E-state index contributed by atoms with van der Waals surface area (Å²) in [6.45, 7) is 10.3. The Hall–Kier alpha value is -2.10. The maximum Gasteiger partial charge on any atom is 0.166 e. The van der Waals surface area contributed by atoms with Gasteiger partial charge in [0.15, 0.2) is 17.3 Å². The lowest BCUT2D eigenvalue weighted by atomic mass is 9.65. The van der Waals surface area contributed by atoms with Gasteiger partial charge in [0, 0.05) is 23.8 Å². The standard InChI is InChI=1S/C24H34O4/c1-15-9-8-12-24(4,5)22(15)19(25)13-16(2)17(3)23(26)18-10-11-20(27-6)21(14-18)28-7/h9-11,14,16-17,22H,8,12-13H2,1-7H3. The van der Waals surface area contributed by atoms with E-state index in [2.05, 4.69) is 26.8 Å². The fourth-order valence-electron chi connectivity index (χ4n) is 4.36. The average molecular weight is 387 g/mol. The molecule has 1 aliphatic rings. The van der Waals surface area contributed by atoms with Crippen molar-refractivity contribution in [1.29, 1.82) is 0 Å². The Bertz CT molecular complexity index is 760. The number of carbonyl (C=O) groups excluding carboxylic acids is 2. The third-order valence-electron chi connectivity index (χ3n) is 6.27. The van der Waals surface area contributed by atoms with Crippen LogP contribution in [0.25, 0.3) is 0 Å². The molecule has 0 heterocycles. The Morgan fingerprint density at radius 1 is 1.14 bits per heavy atom. The van der Waals surface area contributed by atoms with Crippen molar-refractivity contribution in [3.63, 3.8) is 0 Å². The van der Waals surface area contributed by atoms with Crippen molar-refractivity contribution in [2.24, 2.45) is 23.2 Å². The van der Waals surface area contributed by atoms with Crippen LogP contribution in [0.4, 0.5) is 0 Å². The van der Waals surface area contributed by atoms with Crippen LogP contribution in [0, 0.1) is 23.2 Å². The minimum Gasteiger partial charge on any atom is -0.493 e. The van der Waals surface area contributed by atoms with Crippen molar-refractivity contribution < 1.29 is 19.1 Å². The number of hydrogen-bond acceptors (Lipinski definition) is 4. The lowest BCUT2D eigenvalue weighted by Gasteiger charge is -2.38. The second-order valence-corrected chi connectivity index (χ2v) is 8.78. The van der Waals surface area contributed by atoms with Gasteiger partial charge >= 0.3 is 0 Å². The molecule has 0 aliphatic heterocycles. The van der Waals surface area contributed by atoms with Crippen molar-refractivity contribution in [2.45, 2.75) is 53.9 Å². The predicted molar refractivity (Wildman–Crippen MR) is 112 cm³/mol. The van der Waals surface area contributed by atoms with E-state index in [0.29, 0.717) is 23.5 Å². The van der Waals surface area contributed by atoms with Gasteiger partial charge in [-0.05, 0) is 49.3 Å². The molecule has 2 rings (SSSR count). The van der Waals surface area contributed by atoms with Gasteiger partial charge in [0.05, 0.1) is 14.2 Å². The Labute approximate surface area is 169 Å². The first kappa shape index (κ1) is 22.2. The molecule has 0 radical (unpaired) electrons. The fourth-order valence-corrected chi connectivity index (χ4v) is 4.36. The SMILES string of the molecule is COc1ccc(C(=O)C(C)C(C)CC(=O)C2C(C)=CCCC2(C)C)cc1OC. The van der Waals surface area contributed by atoms with E-state index in [1.807, 2.05) is 13.8 Å². The van der Waals surface area contributed by atoms with Gasteiger partial charge in [-0.2, -0.15) is 0 Å². The Morgan fingerprint density at radius 2 is 1.79 bits per heavy atom. The normalized spacial score (nSPS) is 20.7. The molecule has 1 aromatic rings. The van der Waals surface area contributed by atoms with Crippen LogP contribution in [0.15, 0.2) is 29.8 Å². The van der Waals surface area contributed by atoms with Crippen molar-refractivity contribution >= 4 is 11.6 Å². The topological polar surface area (TPSA) is 52.6 Å². The van der Waals surface area contributed by atoms with Crippen LogP contribution >= 0.6 is 0 Å². The maximum atomic E-state index is 13.1. The molecular weight excluding hydrogens is 352 g/mol. The van der Waals surface area contributed by atoms with E-state index in [1.54, 1.807) is 32.4 Å². The molecule has 0 amide bonds. The Morgan fingerprint density at radius 3 is 2.36 bits per heavy atom. The van der Waals surface area contributed by atoms with E-state index < -0.39 is 0 Å². The maximum absolute atomic E-state index is 13.1. The monoisotopic (exact) mass is 386 g/mol. The summed E-state index contributed by atoms with van der Waals surface area (Å²) in [6, 6.07) is 5.21. The van der Waals surface area contributed by atoms with Crippen LogP contribution in [0.5, 0.6) is 11.5 Å². The van der Waals surface area contributed by atoms with E-state index >= 15 is 0 Å². The van der Waals surface area contributed by atoms with Crippen LogP contribution in [0.3, 0.4) is 0 Å². The number of allylic oxidation sites excluding steroid dienone is 2. The summed E-state index contributed by atoms with van der Waals surface area (Å²) in [5.41, 5.74) is 1.73. The average Bonchev–Trinajstić information content (AvgIpc) is 2.65. The molecule has 0 N–H and O–H groups in total. The summed E-state index contributed by atoms with van der Waals surface area (Å²) in [5.74, 6) is 1.07. The number of ketones is 2. The molecule has 1 aliphatic carbocycles. The quantitative estimate of drug-likeness (QED) is 0.437. The molecule has 0 saturated heterocycles. The highest BCUT2D eigenvalue weighted by Gasteiger charge is 2.38. The minimum atomic E-state index is -0.252. The number of methoxy groups -OCH3 is 2. The summed E-state index contributed by atoms with van der Waals surface area (Å²) >= 11 is 0. The second-order valence-electron chi connectivity index (χ2n) is 8.78. The molecule has 0 saturated carbocycles. The fraction of sp³-hybridized carbons (Fsp3) is 0.583. The van der Waals surface area contributed by atoms with Gasteiger partial charge < -0.3 is 9.47 Å². The van der Waals surface area contributed by atoms with E-state index in [-0.39, 0.29) is 34.7 Å². The largest absolute Gasteiger partial charge is 0.493 e. The van der Waals surface area contributed by atoms with Gasteiger partial charge in [0.25, 0.3) is 0 Å². The highest BCUT2D eigenvalue weighted by atomic mass is 16.5. The Kier molecular flexibility index (Phi) is 7.08. The van der Waals surface area contributed by atoms with Crippen LogP contribution in [0.2, 0.25) is 0 Å². The van der Waals surface area contributed by atoms with Crippen LogP contribution in [-0.4, -0.2) is 25.8 Å². The molecular formula is C24H34O4. The molecule has 28 heavy (non-hydrogen) atoms. The zero-order chi connectivity index (χ0) is 21.1. The number of Topliss-reactive ketones (excluding diaryl/α,β-unsaturated/α-hetero) is 2. The molecule has 3 unspecified atom stereocenters. The molecule has 154 valence electrons. The molecule has 0 spiro atoms. The highest BCUT2D eigenvalue weighted by molar-refractivity contribution is 5.98. The van der Waals surface area contributed by atoms with Crippen LogP contribution in [0.1, 0.15) is 64.2 Å². The summed E-state index contributed by atoms with van der Waals surface area (Å²) in [7, 11) is 3.12. The zero-order valence-corrected chi connectivity index (χ0v) is 18.3. The van der Waals surface area contributed by atoms with Gasteiger partial charge in [0.1, 0.15) is 5.78 Å². The van der Waals surface area contributed by atoms with E-state index in [1.165, 1.54) is 5.57 Å². The smallest absolute Gasteiger partial charge is 0.166 e. The van der Waals surface area contributed by atoms with Gasteiger partial charge in [-0.25, -0.2) is 0 Å². The number of hydrogen-bond donors (Lipinski definition) is 0. The summed E-state index contributed by atoms with van der Waals surface area (Å²) in [6.07, 6.45) is 4.66. The van der Waals surface area contributed by atoms with E-state index in [4.69, 9.17) is 9.47 Å². The van der Waals surface area contributed by atoms with E-state index in [0.717, 1.165) is 12.8 Å². The summed E-state index contributed by atoms with van der Waals surface area (Å²) < 4.78 is 10.6. The molecule has 4 nitrogen and oxygen atoms in total. The molecule has 1 aromatic carbocycles. The number of rotatable bonds is 8. The molecule has 0 fully saturated rings. The first-order valence-electron chi connectivity index (χ1n) is 10.1. The van der Waals surface area contributed by atoms with Crippen molar-refractivity contribution in [3.8, 4) is 11.5 Å². The van der Waals surface area contributed by atoms with Crippen molar-refractivity contribution in [1.82, 2.24) is 0 Å². The van der Waals surface area contributed by atoms with Gasteiger partial charge in [-0.1, -0.05) is 39.3 Å². The third-order valence-corrected chi connectivity index (χ3v) is 6.27. The van der Waals surface area contributed by atoms with Crippen LogP contribution < -0.4 is 9.47 Å². The number of ether oxygens (including phenoxy) is 2. The third kappa shape index (κ3) is 4.65. The van der Waals surface area contributed by atoms with Gasteiger partial charge in [-0.3, -0.25) is 9.59 Å². The van der Waals surface area contributed by atoms with Crippen LogP contribution in [-0.2, 0) is 4.79 Å². The first-order valence-corrected chi connectivity index (χ1v) is 10.1. The lowest BCUT2D eigenvalue weighted by molar-refractivity contribution is -0.126. The highest BCUT2D eigenvalue weighted by Crippen LogP contribution is 2.42. The van der Waals surface area contributed by atoms with Crippen molar-refractivity contribution in [3.05, 3.63) is 35.4 Å². The molecule has 4 heteroatoms. The molecule has 0 aromatic heterocycles. The minimum absolute atomic E-state index is 0.0216. The van der Waals surface area contributed by atoms with Gasteiger partial charge in [0.2, 0.25) is 0 Å². The summed E-state index contributed by atoms with van der Waals surface area (Å²) in [4.78, 5) is 26.1. The second kappa shape index (κ2) is 8.93. The van der Waals surface area contributed by atoms with E-state index in [9.17, 15) is 9.59 Å². The lowest BCUT2D eigenvalue weighted by Crippen LogP contribution is -2.36. The summed E-state index contributed by atoms with van der Waals surface area (Å²) in [5, 5.41) is 0. The molecule has 3 atom stereocenters. The molecule has 0 bridgehead atoms. The Balaban J connectivity index is 2.12. The van der Waals surface area contributed by atoms with Gasteiger partial charge in [-0.15, -0.1) is 0 Å². The zero-order valence-electron chi connectivity index (χ0n) is 18.3.